The highest BCUT2D eigenvalue weighted by atomic mass is 16.7. The van der Waals surface area contributed by atoms with Gasteiger partial charge >= 0.3 is 0 Å². The fourth-order valence-corrected chi connectivity index (χ4v) is 4.07. The molecule has 2 aromatic carbocycles. The quantitative estimate of drug-likeness (QED) is 0.599. The number of carbonyl (C=O) groups is 1. The van der Waals surface area contributed by atoms with Crippen LogP contribution < -0.4 is 24.4 Å². The summed E-state index contributed by atoms with van der Waals surface area (Å²) in [6, 6.07) is 15.3. The molecular weight excluding hydrogens is 434 g/mol. The van der Waals surface area contributed by atoms with Crippen molar-refractivity contribution in [3.63, 3.8) is 0 Å². The number of nitrogens with zero attached hydrogens (tertiary/aromatic N) is 4. The summed E-state index contributed by atoms with van der Waals surface area (Å²) in [4.78, 5) is 26.2. The maximum atomic E-state index is 12.9. The normalized spacial score (nSPS) is 14.8. The number of amides is 1. The van der Waals surface area contributed by atoms with Gasteiger partial charge in [-0.1, -0.05) is 6.07 Å². The van der Waals surface area contributed by atoms with Gasteiger partial charge in [0, 0.05) is 43.6 Å². The molecule has 176 valence electrons. The lowest BCUT2D eigenvalue weighted by Crippen LogP contribution is -2.49. The minimum Gasteiger partial charge on any atom is -0.497 e. The number of aryl methyl sites for hydroxylation is 1. The fraction of sp³-hybridized carbons (Fsp3) is 0.320. The molecule has 3 heterocycles. The van der Waals surface area contributed by atoms with E-state index in [1.165, 1.54) is 0 Å². The third-order valence-corrected chi connectivity index (χ3v) is 5.91. The predicted molar refractivity (Wildman–Crippen MR) is 128 cm³/mol. The fourth-order valence-electron chi connectivity index (χ4n) is 4.07. The van der Waals surface area contributed by atoms with Crippen molar-refractivity contribution in [1.82, 2.24) is 14.9 Å². The molecule has 0 atom stereocenters. The molecule has 5 rings (SSSR count). The number of hydrogen-bond acceptors (Lipinski definition) is 8. The predicted octanol–water partition coefficient (Wildman–Crippen LogP) is 3.16. The molecule has 0 radical (unpaired) electrons. The van der Waals surface area contributed by atoms with E-state index in [0.29, 0.717) is 44.3 Å². The number of aromatic nitrogens is 2. The molecule has 2 aliphatic rings. The summed E-state index contributed by atoms with van der Waals surface area (Å²) in [6.45, 7) is 4.79. The number of ether oxygens (including phenoxy) is 3. The molecule has 3 aromatic rings. The van der Waals surface area contributed by atoms with Crippen LogP contribution in [0.5, 0.6) is 17.2 Å². The third kappa shape index (κ3) is 4.83. The lowest BCUT2D eigenvalue weighted by atomic mass is 10.1. The summed E-state index contributed by atoms with van der Waals surface area (Å²) in [7, 11) is 1.65. The second-order valence-electron chi connectivity index (χ2n) is 8.28. The minimum atomic E-state index is 0.102. The smallest absolute Gasteiger partial charge is 0.231 e. The Morgan fingerprint density at radius 1 is 1.00 bits per heavy atom. The molecule has 2 aliphatic heterocycles. The molecule has 0 spiro atoms. The minimum absolute atomic E-state index is 0.102. The van der Waals surface area contributed by atoms with Crippen molar-refractivity contribution >= 4 is 23.4 Å². The Morgan fingerprint density at radius 3 is 2.53 bits per heavy atom. The monoisotopic (exact) mass is 461 g/mol. The molecule has 0 aliphatic carbocycles. The van der Waals surface area contributed by atoms with E-state index in [1.54, 1.807) is 7.11 Å². The lowest BCUT2D eigenvalue weighted by Gasteiger charge is -2.35. The van der Waals surface area contributed by atoms with E-state index in [2.05, 4.69) is 15.2 Å². The van der Waals surface area contributed by atoms with Gasteiger partial charge in [0.15, 0.2) is 11.5 Å². The van der Waals surface area contributed by atoms with Gasteiger partial charge in [-0.15, -0.1) is 0 Å². The van der Waals surface area contributed by atoms with Gasteiger partial charge in [0.1, 0.15) is 11.6 Å². The number of hydrogen-bond donors (Lipinski definition) is 1. The maximum absolute atomic E-state index is 12.9. The van der Waals surface area contributed by atoms with Gasteiger partial charge in [-0.3, -0.25) is 4.79 Å². The van der Waals surface area contributed by atoms with E-state index in [1.807, 2.05) is 60.4 Å². The molecule has 0 bridgehead atoms. The molecule has 1 saturated heterocycles. The molecule has 1 amide bonds. The maximum Gasteiger partial charge on any atom is 0.231 e. The first kappa shape index (κ1) is 21.8. The Morgan fingerprint density at radius 2 is 1.76 bits per heavy atom. The van der Waals surface area contributed by atoms with E-state index in [-0.39, 0.29) is 12.7 Å². The Hall–Kier alpha value is -4.01. The number of nitrogens with one attached hydrogen (secondary N) is 1. The van der Waals surface area contributed by atoms with Crippen LogP contribution in [0.15, 0.2) is 48.5 Å². The largest absolute Gasteiger partial charge is 0.497 e. The standard InChI is InChI=1S/C25H27N5O4/c1-17-13-23(27-19-4-6-20(32-2)7-5-19)28-25(26-17)30-11-9-29(10-12-30)24(31)15-18-3-8-21-22(14-18)34-16-33-21/h3-8,13-14H,9-12,15-16H2,1-2H3,(H,26,27,28). The summed E-state index contributed by atoms with van der Waals surface area (Å²) in [5.74, 6) is 3.73. The Bertz CT molecular complexity index is 1180. The first-order valence-electron chi connectivity index (χ1n) is 11.3. The third-order valence-electron chi connectivity index (χ3n) is 5.91. The molecule has 1 aromatic heterocycles. The number of fused-ring (bicyclic) bond motifs is 1. The highest BCUT2D eigenvalue weighted by Crippen LogP contribution is 2.32. The lowest BCUT2D eigenvalue weighted by molar-refractivity contribution is -0.130. The first-order valence-corrected chi connectivity index (χ1v) is 11.3. The molecule has 1 N–H and O–H groups in total. The summed E-state index contributed by atoms with van der Waals surface area (Å²) in [6.07, 6.45) is 0.341. The van der Waals surface area contributed by atoms with Crippen LogP contribution >= 0.6 is 0 Å². The summed E-state index contributed by atoms with van der Waals surface area (Å²) >= 11 is 0. The molecule has 34 heavy (non-hydrogen) atoms. The highest BCUT2D eigenvalue weighted by Gasteiger charge is 2.24. The number of benzene rings is 2. The number of rotatable bonds is 6. The van der Waals surface area contributed by atoms with Gasteiger partial charge in [-0.25, -0.2) is 4.98 Å². The molecular formula is C25H27N5O4. The van der Waals surface area contributed by atoms with Gasteiger partial charge in [0.2, 0.25) is 18.6 Å². The molecule has 9 nitrogen and oxygen atoms in total. The zero-order valence-corrected chi connectivity index (χ0v) is 19.3. The van der Waals surface area contributed by atoms with Crippen LogP contribution in [0.1, 0.15) is 11.3 Å². The van der Waals surface area contributed by atoms with Crippen molar-refractivity contribution in [2.45, 2.75) is 13.3 Å². The van der Waals surface area contributed by atoms with Crippen LogP contribution in [-0.4, -0.2) is 60.9 Å². The number of carbonyl (C=O) groups excluding carboxylic acids is 1. The SMILES string of the molecule is COc1ccc(Nc2cc(C)nc(N3CCN(C(=O)Cc4ccc5c(c4)OCO5)CC3)n2)cc1. The van der Waals surface area contributed by atoms with Crippen molar-refractivity contribution in [3.05, 3.63) is 59.8 Å². The molecule has 1 fully saturated rings. The van der Waals surface area contributed by atoms with Crippen LogP contribution in [0.3, 0.4) is 0 Å². The van der Waals surface area contributed by atoms with Crippen LogP contribution in [0, 0.1) is 6.92 Å². The summed E-state index contributed by atoms with van der Waals surface area (Å²) in [5, 5.41) is 3.33. The van der Waals surface area contributed by atoms with Crippen molar-refractivity contribution in [2.75, 3.05) is 50.3 Å². The molecule has 0 unspecified atom stereocenters. The van der Waals surface area contributed by atoms with Gasteiger partial charge in [-0.05, 0) is 48.9 Å². The van der Waals surface area contributed by atoms with Crippen LogP contribution in [0.4, 0.5) is 17.5 Å². The first-order chi connectivity index (χ1) is 16.6. The van der Waals surface area contributed by atoms with E-state index in [0.717, 1.165) is 34.3 Å². The number of piperazine rings is 1. The molecule has 0 saturated carbocycles. The van der Waals surface area contributed by atoms with Crippen molar-refractivity contribution in [3.8, 4) is 17.2 Å². The van der Waals surface area contributed by atoms with Gasteiger partial charge < -0.3 is 29.3 Å². The van der Waals surface area contributed by atoms with E-state index >= 15 is 0 Å². The van der Waals surface area contributed by atoms with Crippen LogP contribution in [0.25, 0.3) is 0 Å². The average Bonchev–Trinajstić information content (AvgIpc) is 3.32. The zero-order valence-electron chi connectivity index (χ0n) is 19.3. The zero-order chi connectivity index (χ0) is 23.5. The van der Waals surface area contributed by atoms with Crippen LogP contribution in [0.2, 0.25) is 0 Å². The number of anilines is 3. The summed E-state index contributed by atoms with van der Waals surface area (Å²) < 4.78 is 16.0. The van der Waals surface area contributed by atoms with E-state index < -0.39 is 0 Å². The number of methoxy groups -OCH3 is 1. The Kier molecular flexibility index (Phi) is 6.07. The molecule has 9 heteroatoms. The second kappa shape index (κ2) is 9.46. The Balaban J connectivity index is 1.19. The Labute approximate surface area is 198 Å². The second-order valence-corrected chi connectivity index (χ2v) is 8.28. The van der Waals surface area contributed by atoms with Gasteiger partial charge in [-0.2, -0.15) is 4.98 Å². The van der Waals surface area contributed by atoms with Crippen molar-refractivity contribution in [2.24, 2.45) is 0 Å². The van der Waals surface area contributed by atoms with Gasteiger partial charge in [0.25, 0.3) is 0 Å². The van der Waals surface area contributed by atoms with E-state index in [9.17, 15) is 4.79 Å². The average molecular weight is 462 g/mol. The van der Waals surface area contributed by atoms with Crippen LogP contribution in [-0.2, 0) is 11.2 Å². The topological polar surface area (TPSA) is 89.1 Å². The van der Waals surface area contributed by atoms with Gasteiger partial charge in [0.05, 0.1) is 13.5 Å². The van der Waals surface area contributed by atoms with E-state index in [4.69, 9.17) is 19.2 Å². The van der Waals surface area contributed by atoms with Crippen molar-refractivity contribution < 1.29 is 19.0 Å². The van der Waals surface area contributed by atoms with Crippen molar-refractivity contribution in [1.29, 1.82) is 0 Å². The highest BCUT2D eigenvalue weighted by molar-refractivity contribution is 5.79. The summed E-state index contributed by atoms with van der Waals surface area (Å²) in [5.41, 5.74) is 2.72.